The van der Waals surface area contributed by atoms with Crippen LogP contribution in [0.3, 0.4) is 0 Å². The molecule has 0 radical (unpaired) electrons. The van der Waals surface area contributed by atoms with Gasteiger partial charge < -0.3 is 11.5 Å². The third kappa shape index (κ3) is 1.56. The first kappa shape index (κ1) is 10.3. The molecule has 0 unspecified atom stereocenters. The van der Waals surface area contributed by atoms with Gasteiger partial charge in [0.25, 0.3) is 0 Å². The zero-order valence-electron chi connectivity index (χ0n) is 9.30. The zero-order chi connectivity index (χ0) is 12.5. The second-order valence-electron chi connectivity index (χ2n) is 3.71. The molecule has 0 bridgehead atoms. The molecule has 0 saturated heterocycles. The summed E-state index contributed by atoms with van der Waals surface area (Å²) in [7, 11) is 0. The summed E-state index contributed by atoms with van der Waals surface area (Å²) in [5.74, 6) is 0. The quantitative estimate of drug-likeness (QED) is 0.612. The first-order valence-corrected chi connectivity index (χ1v) is 5.14. The van der Waals surface area contributed by atoms with Gasteiger partial charge in [0.2, 0.25) is 0 Å². The van der Waals surface area contributed by atoms with Crippen molar-refractivity contribution in [3.63, 3.8) is 0 Å². The van der Waals surface area contributed by atoms with Gasteiger partial charge in [0, 0.05) is 0 Å². The van der Waals surface area contributed by atoms with Crippen molar-refractivity contribution in [2.24, 2.45) is 0 Å². The third-order valence-corrected chi connectivity index (χ3v) is 2.57. The summed E-state index contributed by atoms with van der Waals surface area (Å²) >= 11 is 0. The molecule has 0 aliphatic rings. The fraction of sp³-hybridized carbons (Fsp3) is 0. The fourth-order valence-electron chi connectivity index (χ4n) is 1.71. The highest BCUT2D eigenvalue weighted by atomic mass is 15.2. The van der Waals surface area contributed by atoms with E-state index in [0.717, 1.165) is 11.4 Å². The van der Waals surface area contributed by atoms with Crippen molar-refractivity contribution >= 4 is 11.4 Å². The molecule has 0 amide bonds. The highest BCUT2D eigenvalue weighted by molar-refractivity contribution is 5.72. The number of aromatic nitrogens is 6. The number of hydrogen-bond acceptors (Lipinski definition) is 6. The molecule has 2 aromatic heterocycles. The maximum atomic E-state index is 6.00. The Balaban J connectivity index is 2.15. The van der Waals surface area contributed by atoms with Crippen LogP contribution in [0.15, 0.2) is 37.4 Å². The molecule has 3 rings (SSSR count). The van der Waals surface area contributed by atoms with E-state index in [1.165, 1.54) is 0 Å². The summed E-state index contributed by atoms with van der Waals surface area (Å²) < 4.78 is 3.39. The van der Waals surface area contributed by atoms with Gasteiger partial charge in [0.1, 0.15) is 25.3 Å². The van der Waals surface area contributed by atoms with E-state index in [0.29, 0.717) is 11.4 Å². The standard InChI is InChI=1S/C10H10N8/c11-7-1-9(17-3-13-14-4-17)8(12)2-10(7)18-5-15-16-6-18/h1-6H,11-12H2. The second-order valence-corrected chi connectivity index (χ2v) is 3.71. The van der Waals surface area contributed by atoms with Gasteiger partial charge in [-0.05, 0) is 12.1 Å². The maximum Gasteiger partial charge on any atom is 0.123 e. The first-order valence-electron chi connectivity index (χ1n) is 5.14. The molecule has 2 heterocycles. The summed E-state index contributed by atoms with van der Waals surface area (Å²) in [6.07, 6.45) is 6.24. The Hall–Kier alpha value is -2.90. The second kappa shape index (κ2) is 3.84. The van der Waals surface area contributed by atoms with Crippen LogP contribution in [0.1, 0.15) is 0 Å². The molecule has 0 atom stereocenters. The van der Waals surface area contributed by atoms with Gasteiger partial charge in [0.15, 0.2) is 0 Å². The smallest absolute Gasteiger partial charge is 0.123 e. The topological polar surface area (TPSA) is 113 Å². The van der Waals surface area contributed by atoms with E-state index in [1.54, 1.807) is 46.6 Å². The first-order chi connectivity index (χ1) is 8.75. The molecule has 3 aromatic rings. The van der Waals surface area contributed by atoms with E-state index in [9.17, 15) is 0 Å². The van der Waals surface area contributed by atoms with Crippen LogP contribution in [0.4, 0.5) is 11.4 Å². The minimum atomic E-state index is 0.563. The van der Waals surface area contributed by atoms with E-state index in [4.69, 9.17) is 11.5 Å². The van der Waals surface area contributed by atoms with Gasteiger partial charge in [-0.15, -0.1) is 20.4 Å². The fourth-order valence-corrected chi connectivity index (χ4v) is 1.71. The maximum absolute atomic E-state index is 6.00. The van der Waals surface area contributed by atoms with Crippen molar-refractivity contribution in [2.75, 3.05) is 11.5 Å². The van der Waals surface area contributed by atoms with Crippen LogP contribution in [0.5, 0.6) is 0 Å². The molecule has 0 fully saturated rings. The van der Waals surface area contributed by atoms with Crippen molar-refractivity contribution < 1.29 is 0 Å². The molecule has 0 aliphatic carbocycles. The Kier molecular flexibility index (Phi) is 2.19. The van der Waals surface area contributed by atoms with Crippen molar-refractivity contribution in [3.05, 3.63) is 37.4 Å². The Labute approximate surface area is 102 Å². The molecular formula is C10H10N8. The number of nitrogens with zero attached hydrogens (tertiary/aromatic N) is 6. The molecule has 4 N–H and O–H groups in total. The number of anilines is 2. The van der Waals surface area contributed by atoms with Crippen LogP contribution in [-0.2, 0) is 0 Å². The normalized spacial score (nSPS) is 10.7. The van der Waals surface area contributed by atoms with E-state index >= 15 is 0 Å². The van der Waals surface area contributed by atoms with Crippen LogP contribution < -0.4 is 11.5 Å². The largest absolute Gasteiger partial charge is 0.397 e. The minimum absolute atomic E-state index is 0.563. The van der Waals surface area contributed by atoms with Crippen LogP contribution in [-0.4, -0.2) is 29.5 Å². The summed E-state index contributed by atoms with van der Waals surface area (Å²) in [4.78, 5) is 0. The lowest BCUT2D eigenvalue weighted by atomic mass is 10.2. The number of hydrogen-bond donors (Lipinski definition) is 2. The molecule has 1 aromatic carbocycles. The lowest BCUT2D eigenvalue weighted by Crippen LogP contribution is -2.04. The van der Waals surface area contributed by atoms with Crippen molar-refractivity contribution in [1.82, 2.24) is 29.5 Å². The number of rotatable bonds is 2. The lowest BCUT2D eigenvalue weighted by molar-refractivity contribution is 1.04. The molecule has 0 spiro atoms. The van der Waals surface area contributed by atoms with E-state index in [2.05, 4.69) is 20.4 Å². The Morgan fingerprint density at radius 2 is 1.00 bits per heavy atom. The predicted octanol–water partition coefficient (Wildman–Crippen LogP) is 0.0124. The Bertz CT molecular complexity index is 596. The van der Waals surface area contributed by atoms with Gasteiger partial charge >= 0.3 is 0 Å². The van der Waals surface area contributed by atoms with Crippen LogP contribution >= 0.6 is 0 Å². The van der Waals surface area contributed by atoms with E-state index in [-0.39, 0.29) is 0 Å². The third-order valence-electron chi connectivity index (χ3n) is 2.57. The van der Waals surface area contributed by atoms with Crippen molar-refractivity contribution in [3.8, 4) is 11.4 Å². The lowest BCUT2D eigenvalue weighted by Gasteiger charge is -2.11. The van der Waals surface area contributed by atoms with Gasteiger partial charge in [-0.3, -0.25) is 9.13 Å². The summed E-state index contributed by atoms with van der Waals surface area (Å²) in [6.45, 7) is 0. The predicted molar refractivity (Wildman–Crippen MR) is 65.1 cm³/mol. The van der Waals surface area contributed by atoms with E-state index in [1.807, 2.05) is 0 Å². The average Bonchev–Trinajstić information content (AvgIpc) is 3.02. The Morgan fingerprint density at radius 1 is 0.667 bits per heavy atom. The van der Waals surface area contributed by atoms with Crippen molar-refractivity contribution in [2.45, 2.75) is 0 Å². The molecule has 90 valence electrons. The number of benzene rings is 1. The molecule has 0 aliphatic heterocycles. The highest BCUT2D eigenvalue weighted by Crippen LogP contribution is 2.26. The monoisotopic (exact) mass is 242 g/mol. The number of nitrogens with two attached hydrogens (primary N) is 2. The van der Waals surface area contributed by atoms with Gasteiger partial charge in [-0.25, -0.2) is 0 Å². The average molecular weight is 242 g/mol. The van der Waals surface area contributed by atoms with Gasteiger partial charge in [0.05, 0.1) is 22.7 Å². The Morgan fingerprint density at radius 3 is 1.33 bits per heavy atom. The van der Waals surface area contributed by atoms with Crippen LogP contribution in [0, 0.1) is 0 Å². The number of nitrogen functional groups attached to an aromatic ring is 2. The van der Waals surface area contributed by atoms with E-state index < -0.39 is 0 Å². The van der Waals surface area contributed by atoms with Crippen LogP contribution in [0.2, 0.25) is 0 Å². The van der Waals surface area contributed by atoms with Crippen LogP contribution in [0.25, 0.3) is 11.4 Å². The molecule has 8 heteroatoms. The van der Waals surface area contributed by atoms with Gasteiger partial charge in [-0.2, -0.15) is 0 Å². The molecular weight excluding hydrogens is 232 g/mol. The molecule has 0 saturated carbocycles. The summed E-state index contributed by atoms with van der Waals surface area (Å²) in [5, 5.41) is 14.9. The highest BCUT2D eigenvalue weighted by Gasteiger charge is 2.09. The molecule has 18 heavy (non-hydrogen) atoms. The summed E-state index contributed by atoms with van der Waals surface area (Å²) in [5.41, 5.74) is 14.6. The van der Waals surface area contributed by atoms with Gasteiger partial charge in [-0.1, -0.05) is 0 Å². The zero-order valence-corrected chi connectivity index (χ0v) is 9.30. The summed E-state index contributed by atoms with van der Waals surface area (Å²) in [6, 6.07) is 3.52. The van der Waals surface area contributed by atoms with Crippen molar-refractivity contribution in [1.29, 1.82) is 0 Å². The molecule has 8 nitrogen and oxygen atoms in total. The minimum Gasteiger partial charge on any atom is -0.397 e. The SMILES string of the molecule is Nc1cc(-n2cnnc2)c(N)cc1-n1cnnc1.